The Bertz CT molecular complexity index is 422. The van der Waals surface area contributed by atoms with Crippen molar-refractivity contribution in [3.63, 3.8) is 0 Å². The van der Waals surface area contributed by atoms with E-state index in [0.717, 1.165) is 0 Å². The van der Waals surface area contributed by atoms with Crippen LogP contribution in [0.4, 0.5) is 8.78 Å². The van der Waals surface area contributed by atoms with E-state index in [-0.39, 0.29) is 4.73 Å². The average molecular weight is 228 g/mol. The van der Waals surface area contributed by atoms with Crippen LogP contribution in [0.3, 0.4) is 0 Å². The molecule has 1 rings (SSSR count). The topological polar surface area (TPSA) is 25.8 Å². The Labute approximate surface area is 77.8 Å². The van der Waals surface area contributed by atoms with E-state index in [0.29, 0.717) is 0 Å². The molecule has 0 amide bonds. The van der Waals surface area contributed by atoms with E-state index in [2.05, 4.69) is 25.9 Å². The van der Waals surface area contributed by atoms with Gasteiger partial charge < -0.3 is 0 Å². The molecule has 0 saturated heterocycles. The predicted octanol–water partition coefficient (Wildman–Crippen LogP) is 2.35. The van der Waals surface area contributed by atoms with Crippen LogP contribution < -0.4 is 0 Å². The number of halogens is 3. The van der Waals surface area contributed by atoms with Gasteiger partial charge in [-0.15, -0.1) is 0 Å². The normalized spacial score (nSPS) is 19.4. The summed E-state index contributed by atoms with van der Waals surface area (Å²) in [6, 6.07) is -0.996. The molecule has 0 atom stereocenters. The van der Waals surface area contributed by atoms with Gasteiger partial charge in [-0.05, 0) is 22.0 Å². The van der Waals surface area contributed by atoms with Crippen LogP contribution in [0.25, 0.3) is 0 Å². The van der Waals surface area contributed by atoms with Crippen molar-refractivity contribution in [2.45, 2.75) is 12.8 Å². The Morgan fingerprint density at radius 1 is 1.82 bits per heavy atom. The molecule has 0 spiro atoms. The fraction of sp³-hybridized carbons (Fsp3) is 0.333. The summed E-state index contributed by atoms with van der Waals surface area (Å²) in [5.74, 6) is -4.29. The summed E-state index contributed by atoms with van der Waals surface area (Å²) < 4.78 is 60.7. The zero-order chi connectivity index (χ0) is 12.7. The molecule has 2 nitrogen and oxygen atoms in total. The van der Waals surface area contributed by atoms with Crippen LogP contribution in [-0.2, 0) is 5.92 Å². The molecule has 0 fully saturated rings. The standard InChI is InChI=1S/C6H5BrF2N2/c1-6(8,9)4-2-3-10-5(7)11-4/h2-3H,1H3/i1D3,2D,3D. The fourth-order valence-electron chi connectivity index (χ4n) is 0.421. The van der Waals surface area contributed by atoms with E-state index in [4.69, 9.17) is 6.85 Å². The Kier molecular flexibility index (Phi) is 0.993. The highest BCUT2D eigenvalue weighted by molar-refractivity contribution is 9.10. The van der Waals surface area contributed by atoms with Crippen molar-refractivity contribution < 1.29 is 15.6 Å². The van der Waals surface area contributed by atoms with E-state index in [1.165, 1.54) is 0 Å². The van der Waals surface area contributed by atoms with Gasteiger partial charge in [0.1, 0.15) is 5.69 Å². The van der Waals surface area contributed by atoms with Gasteiger partial charge in [-0.2, -0.15) is 8.78 Å². The molecule has 5 heteroatoms. The number of aromatic nitrogens is 2. The van der Waals surface area contributed by atoms with Gasteiger partial charge in [-0.3, -0.25) is 0 Å². The maximum absolute atomic E-state index is 13.4. The summed E-state index contributed by atoms with van der Waals surface area (Å²) in [6.07, 6.45) is -0.763. The monoisotopic (exact) mass is 227 g/mol. The van der Waals surface area contributed by atoms with Gasteiger partial charge in [-0.25, -0.2) is 9.97 Å². The smallest absolute Gasteiger partial charge is 0.231 e. The highest BCUT2D eigenvalue weighted by Crippen LogP contribution is 2.24. The summed E-state index contributed by atoms with van der Waals surface area (Å²) in [6.45, 7) is -3.62. The molecule has 1 aromatic rings. The number of hydrogen-bond donors (Lipinski definition) is 0. The maximum atomic E-state index is 13.4. The molecular weight excluding hydrogens is 218 g/mol. The largest absolute Gasteiger partial charge is 0.287 e. The van der Waals surface area contributed by atoms with Crippen LogP contribution in [0.2, 0.25) is 0 Å². The van der Waals surface area contributed by atoms with Crippen molar-refractivity contribution in [3.05, 3.63) is 22.6 Å². The summed E-state index contributed by atoms with van der Waals surface area (Å²) >= 11 is 2.66. The van der Waals surface area contributed by atoms with Gasteiger partial charge in [0.15, 0.2) is 4.73 Å². The number of rotatable bonds is 1. The summed E-state index contributed by atoms with van der Waals surface area (Å²) in [7, 11) is 0. The van der Waals surface area contributed by atoms with Crippen molar-refractivity contribution in [3.8, 4) is 0 Å². The minimum atomic E-state index is -4.29. The van der Waals surface area contributed by atoms with E-state index in [9.17, 15) is 8.78 Å². The lowest BCUT2D eigenvalue weighted by Gasteiger charge is -2.07. The molecule has 0 aliphatic carbocycles. The summed E-state index contributed by atoms with van der Waals surface area (Å²) in [5.41, 5.74) is -1.28. The highest BCUT2D eigenvalue weighted by Gasteiger charge is 2.26. The molecule has 0 N–H and O–H groups in total. The first-order chi connectivity index (χ1) is 7.07. The van der Waals surface area contributed by atoms with Crippen LogP contribution in [0, 0.1) is 0 Å². The van der Waals surface area contributed by atoms with Crippen LogP contribution in [0.15, 0.2) is 16.9 Å². The molecular formula is C6H5BrF2N2. The molecule has 0 bridgehead atoms. The van der Waals surface area contributed by atoms with Gasteiger partial charge in [-0.1, -0.05) is 0 Å². The lowest BCUT2D eigenvalue weighted by atomic mass is 10.3. The molecule has 0 aromatic carbocycles. The van der Waals surface area contributed by atoms with Gasteiger partial charge >= 0.3 is 0 Å². The molecule has 0 radical (unpaired) electrons. The van der Waals surface area contributed by atoms with E-state index < -0.39 is 30.7 Å². The summed E-state index contributed by atoms with van der Waals surface area (Å²) in [4.78, 5) is 6.46. The fourth-order valence-corrected chi connectivity index (χ4v) is 0.687. The average Bonchev–Trinajstić information content (AvgIpc) is 2.09. The van der Waals surface area contributed by atoms with Crippen LogP contribution in [0.1, 0.15) is 19.4 Å². The molecule has 0 saturated carbocycles. The second-order valence-corrected chi connectivity index (χ2v) is 2.36. The third-order valence-corrected chi connectivity index (χ3v) is 1.18. The van der Waals surface area contributed by atoms with Crippen molar-refractivity contribution in [1.29, 1.82) is 0 Å². The zero-order valence-electron chi connectivity index (χ0n) is 10.0. The third-order valence-electron chi connectivity index (χ3n) is 0.824. The quantitative estimate of drug-likeness (QED) is 0.689. The van der Waals surface area contributed by atoms with Gasteiger partial charge in [0.25, 0.3) is 5.92 Å². The Hall–Kier alpha value is -0.580. The Balaban J connectivity index is 3.44. The Morgan fingerprint density at radius 2 is 2.55 bits per heavy atom. The van der Waals surface area contributed by atoms with Crippen molar-refractivity contribution >= 4 is 15.9 Å². The first-order valence-corrected chi connectivity index (χ1v) is 3.25. The third kappa shape index (κ3) is 2.18. The highest BCUT2D eigenvalue weighted by atomic mass is 79.9. The second-order valence-electron chi connectivity index (χ2n) is 1.65. The number of hydrogen-bond acceptors (Lipinski definition) is 2. The van der Waals surface area contributed by atoms with Crippen molar-refractivity contribution in [2.75, 3.05) is 0 Å². The Morgan fingerprint density at radius 3 is 3.18 bits per heavy atom. The predicted molar refractivity (Wildman–Crippen MR) is 39.3 cm³/mol. The molecule has 0 unspecified atom stereocenters. The van der Waals surface area contributed by atoms with Crippen LogP contribution >= 0.6 is 15.9 Å². The van der Waals surface area contributed by atoms with Gasteiger partial charge in [0, 0.05) is 17.1 Å². The van der Waals surface area contributed by atoms with Crippen LogP contribution in [0.5, 0.6) is 0 Å². The lowest BCUT2D eigenvalue weighted by Crippen LogP contribution is -2.09. The minimum Gasteiger partial charge on any atom is -0.231 e. The summed E-state index contributed by atoms with van der Waals surface area (Å²) in [5, 5.41) is 0. The van der Waals surface area contributed by atoms with E-state index in [1.807, 2.05) is 0 Å². The number of alkyl halides is 2. The zero-order valence-corrected chi connectivity index (χ0v) is 6.61. The second kappa shape index (κ2) is 2.81. The van der Waals surface area contributed by atoms with E-state index >= 15 is 0 Å². The molecule has 1 heterocycles. The first-order valence-electron chi connectivity index (χ1n) is 4.96. The molecule has 0 aliphatic rings. The first kappa shape index (κ1) is 3.89. The lowest BCUT2D eigenvalue weighted by molar-refractivity contribution is 0.0124. The molecule has 11 heavy (non-hydrogen) atoms. The minimum absolute atomic E-state index is 0.354. The van der Waals surface area contributed by atoms with Gasteiger partial charge in [0.2, 0.25) is 0 Å². The number of nitrogens with zero attached hydrogens (tertiary/aromatic N) is 2. The van der Waals surface area contributed by atoms with Crippen molar-refractivity contribution in [2.24, 2.45) is 0 Å². The maximum Gasteiger partial charge on any atom is 0.287 e. The van der Waals surface area contributed by atoms with Gasteiger partial charge in [0.05, 0.1) is 2.74 Å². The van der Waals surface area contributed by atoms with E-state index in [1.54, 1.807) is 0 Å². The SMILES string of the molecule is [2H]c1nc(Br)nc(C(F)(F)C([2H])([2H])[2H])c1[2H]. The molecule has 0 aliphatic heterocycles. The van der Waals surface area contributed by atoms with Crippen molar-refractivity contribution in [1.82, 2.24) is 9.97 Å². The molecule has 1 aromatic heterocycles. The van der Waals surface area contributed by atoms with Crippen LogP contribution in [-0.4, -0.2) is 9.97 Å². The molecule has 60 valence electrons.